The number of unbranched alkanes of at least 4 members (excludes halogenated alkanes) is 13. The van der Waals surface area contributed by atoms with E-state index in [-0.39, 0.29) is 0 Å². The Hall–Kier alpha value is -2.30. The molecular formula is C29H49N5. The molecule has 4 N–H and O–H groups in total. The standard InChI is InChI=1S/C29H49N5/c1-4-5-6-7-8-9-10-11-12-13-14-15-16-17-22-31-28-27(30)29(33-23-32-28)34-26-20-18-25(19-21-26)24(2)3/h18-21,23-24H,4-17,22,30H2,1-3H3,(H2,31,32,33,34). The molecule has 1 aromatic heterocycles. The van der Waals surface area contributed by atoms with Gasteiger partial charge in [-0.15, -0.1) is 0 Å². The van der Waals surface area contributed by atoms with Gasteiger partial charge in [-0.2, -0.15) is 0 Å². The molecule has 0 unspecified atom stereocenters. The zero-order valence-electron chi connectivity index (χ0n) is 22.0. The quantitative estimate of drug-likeness (QED) is 0.180. The van der Waals surface area contributed by atoms with E-state index in [2.05, 4.69) is 65.6 Å². The highest BCUT2D eigenvalue weighted by atomic mass is 15.1. The summed E-state index contributed by atoms with van der Waals surface area (Å²) in [7, 11) is 0. The SMILES string of the molecule is CCCCCCCCCCCCCCCCNc1ncnc(Nc2ccc(C(C)C)cc2)c1N. The van der Waals surface area contributed by atoms with Crippen molar-refractivity contribution >= 4 is 23.0 Å². The molecule has 0 radical (unpaired) electrons. The highest BCUT2D eigenvalue weighted by Crippen LogP contribution is 2.26. The van der Waals surface area contributed by atoms with Crippen LogP contribution in [0.4, 0.5) is 23.0 Å². The van der Waals surface area contributed by atoms with Crippen LogP contribution in [0, 0.1) is 0 Å². The van der Waals surface area contributed by atoms with Crippen molar-refractivity contribution in [3.63, 3.8) is 0 Å². The minimum atomic E-state index is 0.517. The van der Waals surface area contributed by atoms with Gasteiger partial charge in [0.2, 0.25) is 0 Å². The summed E-state index contributed by atoms with van der Waals surface area (Å²) in [6.45, 7) is 7.57. The Kier molecular flexibility index (Phi) is 14.1. The van der Waals surface area contributed by atoms with Gasteiger partial charge in [0, 0.05) is 12.2 Å². The summed E-state index contributed by atoms with van der Waals surface area (Å²) in [5, 5.41) is 6.71. The number of benzene rings is 1. The zero-order chi connectivity index (χ0) is 24.4. The average Bonchev–Trinajstić information content (AvgIpc) is 2.84. The molecule has 1 aromatic carbocycles. The van der Waals surface area contributed by atoms with Crippen LogP contribution in [0.2, 0.25) is 0 Å². The Morgan fingerprint density at radius 1 is 0.706 bits per heavy atom. The van der Waals surface area contributed by atoms with Crippen molar-refractivity contribution in [3.05, 3.63) is 36.2 Å². The summed E-state index contributed by atoms with van der Waals surface area (Å²) in [5.74, 6) is 1.88. The normalized spacial score (nSPS) is 11.2. The lowest BCUT2D eigenvalue weighted by Gasteiger charge is -2.13. The molecule has 5 nitrogen and oxygen atoms in total. The maximum Gasteiger partial charge on any atom is 0.159 e. The van der Waals surface area contributed by atoms with Gasteiger partial charge >= 0.3 is 0 Å². The van der Waals surface area contributed by atoms with E-state index in [4.69, 9.17) is 5.73 Å². The van der Waals surface area contributed by atoms with Crippen LogP contribution in [-0.4, -0.2) is 16.5 Å². The van der Waals surface area contributed by atoms with Crippen LogP contribution in [-0.2, 0) is 0 Å². The zero-order valence-corrected chi connectivity index (χ0v) is 22.0. The van der Waals surface area contributed by atoms with Crippen LogP contribution < -0.4 is 16.4 Å². The number of hydrogen-bond donors (Lipinski definition) is 3. The molecule has 0 atom stereocenters. The molecule has 0 saturated heterocycles. The number of nitrogens with one attached hydrogen (secondary N) is 2. The first-order chi connectivity index (χ1) is 16.6. The summed E-state index contributed by atoms with van der Waals surface area (Å²) >= 11 is 0. The van der Waals surface area contributed by atoms with Gasteiger partial charge in [0.25, 0.3) is 0 Å². The van der Waals surface area contributed by atoms with Crippen LogP contribution >= 0.6 is 0 Å². The second kappa shape index (κ2) is 17.2. The molecule has 5 heteroatoms. The first-order valence-corrected chi connectivity index (χ1v) is 13.8. The Morgan fingerprint density at radius 2 is 1.21 bits per heavy atom. The lowest BCUT2D eigenvalue weighted by atomic mass is 10.0. The number of hydrogen-bond acceptors (Lipinski definition) is 5. The molecule has 0 spiro atoms. The minimum Gasteiger partial charge on any atom is -0.393 e. The molecule has 0 saturated carbocycles. The number of nitrogen functional groups attached to an aromatic ring is 1. The van der Waals surface area contributed by atoms with Gasteiger partial charge < -0.3 is 16.4 Å². The predicted molar refractivity (Wildman–Crippen MR) is 149 cm³/mol. The molecule has 0 aliphatic carbocycles. The van der Waals surface area contributed by atoms with Crippen LogP contribution in [0.1, 0.15) is 122 Å². The Balaban J connectivity index is 1.54. The van der Waals surface area contributed by atoms with E-state index in [9.17, 15) is 0 Å². The summed E-state index contributed by atoms with van der Waals surface area (Å²) in [5.41, 5.74) is 9.19. The number of anilines is 4. The fraction of sp³-hybridized carbons (Fsp3) is 0.655. The van der Waals surface area contributed by atoms with Crippen LogP contribution in [0.3, 0.4) is 0 Å². The summed E-state index contributed by atoms with van der Waals surface area (Å²) < 4.78 is 0. The lowest BCUT2D eigenvalue weighted by molar-refractivity contribution is 0.537. The van der Waals surface area contributed by atoms with E-state index >= 15 is 0 Å². The van der Waals surface area contributed by atoms with Gasteiger partial charge in [-0.25, -0.2) is 9.97 Å². The van der Waals surface area contributed by atoms with E-state index in [0.29, 0.717) is 23.2 Å². The van der Waals surface area contributed by atoms with Crippen molar-refractivity contribution in [1.82, 2.24) is 9.97 Å². The van der Waals surface area contributed by atoms with E-state index < -0.39 is 0 Å². The summed E-state index contributed by atoms with van der Waals surface area (Å²) in [6.07, 6.45) is 20.8. The Morgan fingerprint density at radius 3 is 1.74 bits per heavy atom. The second-order valence-corrected chi connectivity index (χ2v) is 9.91. The highest BCUT2D eigenvalue weighted by Gasteiger charge is 2.08. The second-order valence-electron chi connectivity index (χ2n) is 9.91. The Labute approximate surface area is 208 Å². The summed E-state index contributed by atoms with van der Waals surface area (Å²) in [4.78, 5) is 8.66. The third kappa shape index (κ3) is 11.2. The number of nitrogens with two attached hydrogens (primary N) is 1. The molecule has 1 heterocycles. The maximum atomic E-state index is 6.32. The fourth-order valence-electron chi connectivity index (χ4n) is 4.25. The van der Waals surface area contributed by atoms with E-state index in [1.54, 1.807) is 6.33 Å². The van der Waals surface area contributed by atoms with Crippen LogP contribution in [0.25, 0.3) is 0 Å². The van der Waals surface area contributed by atoms with Crippen molar-refractivity contribution < 1.29 is 0 Å². The van der Waals surface area contributed by atoms with Gasteiger partial charge in [-0.05, 0) is 30.0 Å². The monoisotopic (exact) mass is 467 g/mol. The van der Waals surface area contributed by atoms with Gasteiger partial charge in [0.05, 0.1) is 0 Å². The van der Waals surface area contributed by atoms with E-state index in [1.165, 1.54) is 89.0 Å². The van der Waals surface area contributed by atoms with Crippen molar-refractivity contribution in [3.8, 4) is 0 Å². The molecule has 0 amide bonds. The molecule has 0 bridgehead atoms. The van der Waals surface area contributed by atoms with Gasteiger partial charge in [-0.1, -0.05) is 116 Å². The number of rotatable bonds is 19. The molecule has 0 fully saturated rings. The van der Waals surface area contributed by atoms with Crippen LogP contribution in [0.15, 0.2) is 30.6 Å². The van der Waals surface area contributed by atoms with E-state index in [1.807, 2.05) is 0 Å². The molecule has 2 rings (SSSR count). The molecule has 0 aliphatic heterocycles. The summed E-state index contributed by atoms with van der Waals surface area (Å²) in [6, 6.07) is 8.41. The van der Waals surface area contributed by atoms with Crippen LogP contribution in [0.5, 0.6) is 0 Å². The molecular weight excluding hydrogens is 418 g/mol. The number of nitrogens with zero attached hydrogens (tertiary/aromatic N) is 2. The van der Waals surface area contributed by atoms with Crippen molar-refractivity contribution in [2.45, 2.75) is 117 Å². The topological polar surface area (TPSA) is 75.9 Å². The van der Waals surface area contributed by atoms with Gasteiger partial charge in [0.15, 0.2) is 11.6 Å². The third-order valence-electron chi connectivity index (χ3n) is 6.55. The molecule has 190 valence electrons. The maximum absolute atomic E-state index is 6.32. The van der Waals surface area contributed by atoms with Gasteiger partial charge in [0.1, 0.15) is 12.0 Å². The van der Waals surface area contributed by atoms with Crippen molar-refractivity contribution in [2.75, 3.05) is 22.9 Å². The first kappa shape index (κ1) is 27.9. The minimum absolute atomic E-state index is 0.517. The van der Waals surface area contributed by atoms with Gasteiger partial charge in [-0.3, -0.25) is 0 Å². The molecule has 2 aromatic rings. The van der Waals surface area contributed by atoms with Crippen molar-refractivity contribution in [2.24, 2.45) is 0 Å². The predicted octanol–water partition coefficient (Wildman–Crippen LogP) is 8.82. The van der Waals surface area contributed by atoms with E-state index in [0.717, 1.165) is 18.7 Å². The molecule has 0 aliphatic rings. The molecule has 34 heavy (non-hydrogen) atoms. The fourth-order valence-corrected chi connectivity index (χ4v) is 4.25. The third-order valence-corrected chi connectivity index (χ3v) is 6.55. The van der Waals surface area contributed by atoms with Crippen molar-refractivity contribution in [1.29, 1.82) is 0 Å². The Bertz CT molecular complexity index is 773. The number of aromatic nitrogens is 2. The average molecular weight is 468 g/mol. The lowest BCUT2D eigenvalue weighted by Crippen LogP contribution is -2.09. The first-order valence-electron chi connectivity index (χ1n) is 13.8. The smallest absolute Gasteiger partial charge is 0.159 e. The highest BCUT2D eigenvalue weighted by molar-refractivity contribution is 5.77. The largest absolute Gasteiger partial charge is 0.393 e.